The molecular weight excluding hydrogens is 356 g/mol. The van der Waals surface area contributed by atoms with Gasteiger partial charge in [-0.3, -0.25) is 9.59 Å². The zero-order valence-corrected chi connectivity index (χ0v) is 16.3. The fraction of sp³-hybridized carbons (Fsp3) is 0.273. The Morgan fingerprint density at radius 2 is 1.82 bits per heavy atom. The summed E-state index contributed by atoms with van der Waals surface area (Å²) in [5.74, 6) is 0.865. The summed E-state index contributed by atoms with van der Waals surface area (Å²) in [6, 6.07) is 11.0. The molecule has 0 aliphatic carbocycles. The highest BCUT2D eigenvalue weighted by atomic mass is 16.3. The van der Waals surface area contributed by atoms with E-state index in [4.69, 9.17) is 8.83 Å². The second-order valence-electron chi connectivity index (χ2n) is 6.79. The maximum Gasteiger partial charge on any atom is 0.257 e. The Bertz CT molecular complexity index is 957. The zero-order chi connectivity index (χ0) is 20.1. The van der Waals surface area contributed by atoms with Gasteiger partial charge in [0.1, 0.15) is 11.5 Å². The molecule has 0 unspecified atom stereocenters. The third-order valence-corrected chi connectivity index (χ3v) is 4.70. The Kier molecular flexibility index (Phi) is 5.99. The first-order chi connectivity index (χ1) is 13.4. The smallest absolute Gasteiger partial charge is 0.257 e. The number of nitrogens with one attached hydrogen (secondary N) is 1. The van der Waals surface area contributed by atoms with Crippen LogP contribution in [0.15, 0.2) is 57.8 Å². The van der Waals surface area contributed by atoms with Gasteiger partial charge in [0.15, 0.2) is 0 Å². The van der Waals surface area contributed by atoms with Crippen molar-refractivity contribution in [1.29, 1.82) is 0 Å². The molecule has 2 aromatic heterocycles. The summed E-state index contributed by atoms with van der Waals surface area (Å²) in [4.78, 5) is 26.9. The predicted molar refractivity (Wildman–Crippen MR) is 106 cm³/mol. The highest BCUT2D eigenvalue weighted by molar-refractivity contribution is 5.96. The van der Waals surface area contributed by atoms with Gasteiger partial charge in [-0.2, -0.15) is 0 Å². The summed E-state index contributed by atoms with van der Waals surface area (Å²) in [7, 11) is 0. The first-order valence-corrected chi connectivity index (χ1v) is 9.17. The van der Waals surface area contributed by atoms with E-state index in [0.29, 0.717) is 17.1 Å². The lowest BCUT2D eigenvalue weighted by molar-refractivity contribution is -0.116. The Balaban J connectivity index is 1.66. The van der Waals surface area contributed by atoms with Crippen molar-refractivity contribution in [2.45, 2.75) is 33.7 Å². The quantitative estimate of drug-likeness (QED) is 0.656. The fourth-order valence-corrected chi connectivity index (χ4v) is 2.90. The Hall–Kier alpha value is -3.28. The summed E-state index contributed by atoms with van der Waals surface area (Å²) >= 11 is 0. The minimum absolute atomic E-state index is 0.149. The van der Waals surface area contributed by atoms with Gasteiger partial charge in [0, 0.05) is 18.7 Å². The van der Waals surface area contributed by atoms with Gasteiger partial charge in [-0.05, 0) is 62.2 Å². The van der Waals surface area contributed by atoms with Crippen LogP contribution < -0.4 is 5.32 Å². The minimum atomic E-state index is -0.193. The van der Waals surface area contributed by atoms with Crippen molar-refractivity contribution in [3.63, 3.8) is 0 Å². The van der Waals surface area contributed by atoms with Crippen molar-refractivity contribution < 1.29 is 18.4 Å². The third-order valence-electron chi connectivity index (χ3n) is 4.70. The molecule has 3 rings (SSSR count). The van der Waals surface area contributed by atoms with Gasteiger partial charge in [-0.15, -0.1) is 0 Å². The van der Waals surface area contributed by atoms with Crippen molar-refractivity contribution in [2.75, 3.05) is 11.9 Å². The Morgan fingerprint density at radius 3 is 2.46 bits per heavy atom. The van der Waals surface area contributed by atoms with Crippen LogP contribution in [0.1, 0.15) is 39.4 Å². The molecule has 0 saturated carbocycles. The molecule has 28 heavy (non-hydrogen) atoms. The van der Waals surface area contributed by atoms with E-state index in [1.807, 2.05) is 32.0 Å². The second kappa shape index (κ2) is 8.61. The Morgan fingerprint density at radius 1 is 1.00 bits per heavy atom. The number of anilines is 1. The van der Waals surface area contributed by atoms with Gasteiger partial charge in [-0.1, -0.05) is 6.07 Å². The van der Waals surface area contributed by atoms with Crippen LogP contribution in [0, 0.1) is 20.8 Å². The number of furan rings is 2. The largest absolute Gasteiger partial charge is 0.469 e. The molecule has 1 N–H and O–H groups in total. The van der Waals surface area contributed by atoms with Gasteiger partial charge in [0.2, 0.25) is 5.91 Å². The van der Waals surface area contributed by atoms with Crippen LogP contribution in [-0.2, 0) is 11.3 Å². The van der Waals surface area contributed by atoms with E-state index < -0.39 is 0 Å². The van der Waals surface area contributed by atoms with Crippen molar-refractivity contribution in [1.82, 2.24) is 4.90 Å². The molecule has 0 atom stereocenters. The number of rotatable bonds is 7. The van der Waals surface area contributed by atoms with E-state index in [2.05, 4.69) is 5.32 Å². The van der Waals surface area contributed by atoms with E-state index in [1.165, 1.54) is 11.8 Å². The van der Waals surface area contributed by atoms with Crippen LogP contribution in [-0.4, -0.2) is 23.3 Å². The molecule has 2 amide bonds. The first-order valence-electron chi connectivity index (χ1n) is 9.17. The predicted octanol–water partition coefficient (Wildman–Crippen LogP) is 4.47. The summed E-state index contributed by atoms with van der Waals surface area (Å²) in [5, 5.41) is 2.89. The average molecular weight is 380 g/mol. The molecule has 1 aromatic carbocycles. The van der Waals surface area contributed by atoms with Crippen LogP contribution in [0.2, 0.25) is 0 Å². The molecule has 3 aromatic rings. The first kappa shape index (κ1) is 19.5. The van der Waals surface area contributed by atoms with E-state index in [0.717, 1.165) is 11.3 Å². The number of hydrogen-bond donors (Lipinski definition) is 1. The molecule has 0 spiro atoms. The molecule has 0 fully saturated rings. The highest BCUT2D eigenvalue weighted by Gasteiger charge is 2.21. The number of benzene rings is 1. The maximum absolute atomic E-state index is 12.9. The van der Waals surface area contributed by atoms with E-state index in [9.17, 15) is 9.59 Å². The standard InChI is InChI=1S/C22H24N2O4/c1-15-6-7-18(13-16(15)2)23-21(25)8-10-24(14-19-5-4-11-28-19)22(26)20-9-12-27-17(20)3/h4-7,9,11-13H,8,10,14H2,1-3H3,(H,23,25). The molecule has 0 aliphatic heterocycles. The monoisotopic (exact) mass is 380 g/mol. The normalized spacial score (nSPS) is 10.7. The minimum Gasteiger partial charge on any atom is -0.469 e. The van der Waals surface area contributed by atoms with Crippen LogP contribution >= 0.6 is 0 Å². The topological polar surface area (TPSA) is 75.7 Å². The number of carbonyl (C=O) groups is 2. The molecule has 146 valence electrons. The van der Waals surface area contributed by atoms with Gasteiger partial charge in [-0.25, -0.2) is 0 Å². The SMILES string of the molecule is Cc1ccc(NC(=O)CCN(Cc2ccco2)C(=O)c2ccoc2C)cc1C. The van der Waals surface area contributed by atoms with Crippen LogP contribution in [0.3, 0.4) is 0 Å². The number of carbonyl (C=O) groups excluding carboxylic acids is 2. The van der Waals surface area contributed by atoms with E-state index in [-0.39, 0.29) is 31.3 Å². The van der Waals surface area contributed by atoms with Crippen LogP contribution in [0.25, 0.3) is 0 Å². The summed E-state index contributed by atoms with van der Waals surface area (Å²) in [5.41, 5.74) is 3.52. The second-order valence-corrected chi connectivity index (χ2v) is 6.79. The molecular formula is C22H24N2O4. The molecule has 6 heteroatoms. The van der Waals surface area contributed by atoms with Crippen molar-refractivity contribution in [3.05, 3.63) is 77.1 Å². The lowest BCUT2D eigenvalue weighted by Crippen LogP contribution is -2.33. The zero-order valence-electron chi connectivity index (χ0n) is 16.3. The highest BCUT2D eigenvalue weighted by Crippen LogP contribution is 2.17. The fourth-order valence-electron chi connectivity index (χ4n) is 2.90. The average Bonchev–Trinajstić information content (AvgIpc) is 3.32. The number of amides is 2. The molecule has 0 bridgehead atoms. The van der Waals surface area contributed by atoms with E-state index in [1.54, 1.807) is 36.3 Å². The molecule has 0 saturated heterocycles. The van der Waals surface area contributed by atoms with Gasteiger partial charge in [0.25, 0.3) is 5.91 Å². The van der Waals surface area contributed by atoms with Crippen LogP contribution in [0.5, 0.6) is 0 Å². The van der Waals surface area contributed by atoms with E-state index >= 15 is 0 Å². The summed E-state index contributed by atoms with van der Waals surface area (Å²) in [6.45, 7) is 6.32. The number of hydrogen-bond acceptors (Lipinski definition) is 4. The number of nitrogens with zero attached hydrogens (tertiary/aromatic N) is 1. The summed E-state index contributed by atoms with van der Waals surface area (Å²) < 4.78 is 10.6. The number of aryl methyl sites for hydroxylation is 3. The lowest BCUT2D eigenvalue weighted by atomic mass is 10.1. The molecule has 0 radical (unpaired) electrons. The Labute approximate surface area is 164 Å². The van der Waals surface area contributed by atoms with Gasteiger partial charge in [0.05, 0.1) is 24.6 Å². The third kappa shape index (κ3) is 4.71. The molecule has 0 aliphatic rings. The van der Waals surface area contributed by atoms with Gasteiger partial charge >= 0.3 is 0 Å². The van der Waals surface area contributed by atoms with Crippen molar-refractivity contribution in [3.8, 4) is 0 Å². The maximum atomic E-state index is 12.9. The van der Waals surface area contributed by atoms with Gasteiger partial charge < -0.3 is 19.1 Å². The lowest BCUT2D eigenvalue weighted by Gasteiger charge is -2.21. The van der Waals surface area contributed by atoms with Crippen LogP contribution in [0.4, 0.5) is 5.69 Å². The summed E-state index contributed by atoms with van der Waals surface area (Å²) in [6.07, 6.45) is 3.23. The van der Waals surface area contributed by atoms with Crippen molar-refractivity contribution >= 4 is 17.5 Å². The molecule has 6 nitrogen and oxygen atoms in total. The molecule has 2 heterocycles. The van der Waals surface area contributed by atoms with Crippen molar-refractivity contribution in [2.24, 2.45) is 0 Å².